The van der Waals surface area contributed by atoms with Gasteiger partial charge in [-0.1, -0.05) is 13.8 Å². The van der Waals surface area contributed by atoms with Crippen LogP contribution >= 0.6 is 0 Å². The zero-order valence-corrected chi connectivity index (χ0v) is 12.8. The predicted octanol–water partition coefficient (Wildman–Crippen LogP) is 0.945. The summed E-state index contributed by atoms with van der Waals surface area (Å²) in [6, 6.07) is 0.0740. The summed E-state index contributed by atoms with van der Waals surface area (Å²) in [7, 11) is -3.22. The van der Waals surface area contributed by atoms with Gasteiger partial charge >= 0.3 is 0 Å². The fourth-order valence-electron chi connectivity index (χ4n) is 2.84. The Kier molecular flexibility index (Phi) is 4.55. The van der Waals surface area contributed by atoms with Gasteiger partial charge < -0.3 is 10.5 Å². The Morgan fingerprint density at radius 2 is 2.05 bits per heavy atom. The summed E-state index contributed by atoms with van der Waals surface area (Å²) in [6.45, 7) is 5.83. The molecule has 2 aliphatic heterocycles. The van der Waals surface area contributed by atoms with Crippen molar-refractivity contribution >= 4 is 10.0 Å². The molecule has 2 aliphatic rings. The van der Waals surface area contributed by atoms with Crippen LogP contribution in [0.2, 0.25) is 0 Å². The highest BCUT2D eigenvalue weighted by Crippen LogP contribution is 2.30. The van der Waals surface area contributed by atoms with Gasteiger partial charge in [-0.3, -0.25) is 0 Å². The fourth-order valence-corrected chi connectivity index (χ4v) is 4.70. The molecular formula is C13H26N2O3S. The molecule has 2 fully saturated rings. The van der Waals surface area contributed by atoms with E-state index in [1.807, 2.05) is 13.8 Å². The average Bonchev–Trinajstić information content (AvgIpc) is 2.33. The van der Waals surface area contributed by atoms with Crippen molar-refractivity contribution in [1.82, 2.24) is 4.31 Å². The summed E-state index contributed by atoms with van der Waals surface area (Å²) in [4.78, 5) is 0. The summed E-state index contributed by atoms with van der Waals surface area (Å²) in [5.41, 5.74) is 5.90. The minimum Gasteiger partial charge on any atom is -0.377 e. The highest BCUT2D eigenvalue weighted by Gasteiger charge is 2.39. The van der Waals surface area contributed by atoms with Gasteiger partial charge in [0.05, 0.1) is 11.9 Å². The minimum atomic E-state index is -3.22. The van der Waals surface area contributed by atoms with Crippen LogP contribution in [-0.4, -0.2) is 50.3 Å². The lowest BCUT2D eigenvalue weighted by Gasteiger charge is -2.42. The number of rotatable bonds is 3. The third kappa shape index (κ3) is 3.68. The summed E-state index contributed by atoms with van der Waals surface area (Å²) < 4.78 is 32.1. The van der Waals surface area contributed by atoms with E-state index in [1.54, 1.807) is 4.31 Å². The lowest BCUT2D eigenvalue weighted by Crippen LogP contribution is -2.55. The number of piperidine rings is 1. The largest absolute Gasteiger partial charge is 0.377 e. The molecule has 0 radical (unpaired) electrons. The van der Waals surface area contributed by atoms with Gasteiger partial charge in [-0.15, -0.1) is 0 Å². The Bertz CT molecular complexity index is 402. The topological polar surface area (TPSA) is 72.6 Å². The second kappa shape index (κ2) is 5.68. The first-order valence-corrected chi connectivity index (χ1v) is 8.77. The first-order valence-electron chi connectivity index (χ1n) is 7.16. The molecule has 2 heterocycles. The Hall–Kier alpha value is -0.170. The number of sulfonamides is 1. The fraction of sp³-hybridized carbons (Fsp3) is 1.00. The van der Waals surface area contributed by atoms with E-state index in [2.05, 4.69) is 0 Å². The molecule has 0 bridgehead atoms. The van der Waals surface area contributed by atoms with Gasteiger partial charge in [0.15, 0.2) is 0 Å². The molecule has 6 heteroatoms. The number of hydrogen-bond donors (Lipinski definition) is 1. The van der Waals surface area contributed by atoms with E-state index in [1.165, 1.54) is 0 Å². The Morgan fingerprint density at radius 3 is 2.63 bits per heavy atom. The molecular weight excluding hydrogens is 264 g/mol. The first-order chi connectivity index (χ1) is 8.81. The SMILES string of the molecule is CC1(C)CN(S(=O)(=O)CC2CCCCO2)CCC1N. The molecule has 2 rings (SSSR count). The highest BCUT2D eigenvalue weighted by atomic mass is 32.2. The number of hydrogen-bond acceptors (Lipinski definition) is 4. The molecule has 2 atom stereocenters. The summed E-state index contributed by atoms with van der Waals surface area (Å²) in [6.07, 6.45) is 3.57. The molecule has 0 spiro atoms. The molecule has 0 aromatic rings. The summed E-state index contributed by atoms with van der Waals surface area (Å²) in [5.74, 6) is 0.123. The molecule has 0 aromatic carbocycles. The second-order valence-electron chi connectivity index (χ2n) is 6.48. The monoisotopic (exact) mass is 290 g/mol. The summed E-state index contributed by atoms with van der Waals surface area (Å²) in [5, 5.41) is 0. The van der Waals surface area contributed by atoms with Crippen LogP contribution in [0.15, 0.2) is 0 Å². The molecule has 0 saturated carbocycles. The maximum atomic E-state index is 12.5. The van der Waals surface area contributed by atoms with Crippen molar-refractivity contribution in [2.75, 3.05) is 25.4 Å². The van der Waals surface area contributed by atoms with Crippen molar-refractivity contribution in [2.45, 2.75) is 51.7 Å². The quantitative estimate of drug-likeness (QED) is 0.840. The van der Waals surface area contributed by atoms with Crippen molar-refractivity contribution in [3.05, 3.63) is 0 Å². The van der Waals surface area contributed by atoms with Gasteiger partial charge in [0.25, 0.3) is 0 Å². The maximum Gasteiger partial charge on any atom is 0.216 e. The normalized spacial score (nSPS) is 33.2. The molecule has 0 aromatic heterocycles. The minimum absolute atomic E-state index is 0.0740. The second-order valence-corrected chi connectivity index (χ2v) is 8.50. The number of ether oxygens (including phenoxy) is 1. The third-order valence-corrected chi connectivity index (χ3v) is 6.23. The van der Waals surface area contributed by atoms with Gasteiger partial charge in [-0.05, 0) is 31.1 Å². The van der Waals surface area contributed by atoms with E-state index in [9.17, 15) is 8.42 Å². The van der Waals surface area contributed by atoms with Gasteiger partial charge in [-0.25, -0.2) is 12.7 Å². The van der Waals surface area contributed by atoms with Crippen LogP contribution in [-0.2, 0) is 14.8 Å². The van der Waals surface area contributed by atoms with Crippen LogP contribution in [0.25, 0.3) is 0 Å². The standard InChI is InChI=1S/C13H26N2O3S/c1-13(2)10-15(7-6-12(13)14)19(16,17)9-11-5-3-4-8-18-11/h11-12H,3-10,14H2,1-2H3. The highest BCUT2D eigenvalue weighted by molar-refractivity contribution is 7.89. The molecule has 2 N–H and O–H groups in total. The molecule has 19 heavy (non-hydrogen) atoms. The maximum absolute atomic E-state index is 12.5. The van der Waals surface area contributed by atoms with E-state index in [4.69, 9.17) is 10.5 Å². The smallest absolute Gasteiger partial charge is 0.216 e. The van der Waals surface area contributed by atoms with E-state index in [-0.39, 0.29) is 23.3 Å². The van der Waals surface area contributed by atoms with E-state index in [0.717, 1.165) is 25.7 Å². The Morgan fingerprint density at radius 1 is 1.32 bits per heavy atom. The van der Waals surface area contributed by atoms with Crippen molar-refractivity contribution in [1.29, 1.82) is 0 Å². The van der Waals surface area contributed by atoms with Crippen LogP contribution in [0.4, 0.5) is 0 Å². The van der Waals surface area contributed by atoms with Crippen LogP contribution in [0.3, 0.4) is 0 Å². The molecule has 0 aliphatic carbocycles. The zero-order chi connectivity index (χ0) is 14.1. The van der Waals surface area contributed by atoms with Crippen molar-refractivity contribution in [3.63, 3.8) is 0 Å². The molecule has 5 nitrogen and oxygen atoms in total. The van der Waals surface area contributed by atoms with Crippen molar-refractivity contribution in [2.24, 2.45) is 11.1 Å². The molecule has 112 valence electrons. The summed E-state index contributed by atoms with van der Waals surface area (Å²) >= 11 is 0. The van der Waals surface area contributed by atoms with Crippen LogP contribution in [0.5, 0.6) is 0 Å². The lowest BCUT2D eigenvalue weighted by molar-refractivity contribution is 0.0294. The zero-order valence-electron chi connectivity index (χ0n) is 12.0. The molecule has 2 saturated heterocycles. The first kappa shape index (κ1) is 15.2. The van der Waals surface area contributed by atoms with Crippen LogP contribution < -0.4 is 5.73 Å². The molecule has 2 unspecified atom stereocenters. The lowest BCUT2D eigenvalue weighted by atomic mass is 9.81. The third-order valence-electron chi connectivity index (χ3n) is 4.34. The predicted molar refractivity (Wildman–Crippen MR) is 75.3 cm³/mol. The van der Waals surface area contributed by atoms with Crippen LogP contribution in [0, 0.1) is 5.41 Å². The van der Waals surface area contributed by atoms with E-state index in [0.29, 0.717) is 19.7 Å². The van der Waals surface area contributed by atoms with Crippen LogP contribution in [0.1, 0.15) is 39.5 Å². The van der Waals surface area contributed by atoms with Gasteiger partial charge in [0.2, 0.25) is 10.0 Å². The number of nitrogens with two attached hydrogens (primary N) is 1. The van der Waals surface area contributed by atoms with Gasteiger partial charge in [0, 0.05) is 25.7 Å². The molecule has 0 amide bonds. The van der Waals surface area contributed by atoms with Crippen molar-refractivity contribution < 1.29 is 13.2 Å². The van der Waals surface area contributed by atoms with Crippen molar-refractivity contribution in [3.8, 4) is 0 Å². The van der Waals surface area contributed by atoms with Gasteiger partial charge in [0.1, 0.15) is 0 Å². The number of nitrogens with zero attached hydrogens (tertiary/aromatic N) is 1. The van der Waals surface area contributed by atoms with E-state index < -0.39 is 10.0 Å². The van der Waals surface area contributed by atoms with Gasteiger partial charge in [-0.2, -0.15) is 0 Å². The Balaban J connectivity index is 1.99. The van der Waals surface area contributed by atoms with E-state index >= 15 is 0 Å². The Labute approximate surface area is 116 Å². The average molecular weight is 290 g/mol.